The highest BCUT2D eigenvalue weighted by atomic mass is 16.6. The van der Waals surface area contributed by atoms with Crippen molar-refractivity contribution < 1.29 is 19.1 Å². The van der Waals surface area contributed by atoms with E-state index in [2.05, 4.69) is 29.4 Å². The number of morpholine rings is 1. The van der Waals surface area contributed by atoms with Crippen molar-refractivity contribution in [2.75, 3.05) is 31.5 Å². The molecule has 1 aliphatic heterocycles. The Labute approximate surface area is 174 Å². The molecule has 1 aromatic carbocycles. The minimum atomic E-state index is -0.541. The van der Waals surface area contributed by atoms with Crippen LogP contribution in [0.25, 0.3) is 0 Å². The molecule has 7 nitrogen and oxygen atoms in total. The second-order valence-corrected chi connectivity index (χ2v) is 8.72. The Hall–Kier alpha value is -2.12. The molecule has 0 aromatic heterocycles. The summed E-state index contributed by atoms with van der Waals surface area (Å²) in [5.74, 6) is 0.00145. The molecule has 0 aliphatic carbocycles. The van der Waals surface area contributed by atoms with Gasteiger partial charge in [-0.05, 0) is 58.7 Å². The Morgan fingerprint density at radius 3 is 2.34 bits per heavy atom. The molecule has 0 spiro atoms. The highest BCUT2D eigenvalue weighted by Gasteiger charge is 2.21. The number of carbonyl (C=O) groups is 2. The summed E-state index contributed by atoms with van der Waals surface area (Å²) in [5.41, 5.74) is 0.992. The van der Waals surface area contributed by atoms with Gasteiger partial charge in [-0.1, -0.05) is 12.1 Å². The Morgan fingerprint density at radius 2 is 1.76 bits per heavy atom. The molecule has 2 amide bonds. The molecule has 7 heteroatoms. The van der Waals surface area contributed by atoms with Crippen molar-refractivity contribution in [3.05, 3.63) is 29.8 Å². The second-order valence-electron chi connectivity index (χ2n) is 8.72. The summed E-state index contributed by atoms with van der Waals surface area (Å²) >= 11 is 0. The number of anilines is 1. The second kappa shape index (κ2) is 10.6. The number of carbonyl (C=O) groups excluding carboxylic acids is 2. The van der Waals surface area contributed by atoms with Gasteiger partial charge in [0.15, 0.2) is 0 Å². The maximum absolute atomic E-state index is 12.2. The number of hydrogen-bond acceptors (Lipinski definition) is 5. The average molecular weight is 406 g/mol. The minimum absolute atomic E-state index is 0.00145. The quantitative estimate of drug-likeness (QED) is 0.681. The van der Waals surface area contributed by atoms with Crippen molar-refractivity contribution in [3.8, 4) is 0 Å². The lowest BCUT2D eigenvalue weighted by molar-refractivity contribution is -0.120. The highest BCUT2D eigenvalue weighted by molar-refractivity contribution is 5.85. The van der Waals surface area contributed by atoms with Gasteiger partial charge in [0.1, 0.15) is 5.60 Å². The summed E-state index contributed by atoms with van der Waals surface area (Å²) in [6.45, 7) is 13.2. The number of rotatable bonds is 7. The fraction of sp³-hybridized carbons (Fsp3) is 0.636. The van der Waals surface area contributed by atoms with Crippen LogP contribution >= 0.6 is 0 Å². The third-order valence-electron chi connectivity index (χ3n) is 4.43. The standard InChI is InChI=1S/C22H35N3O4/c1-16-14-25(15-17(2)28-16)12-6-11-23-20(26)13-18-7-9-19(10-8-18)24-21(27)29-22(3,4)5/h7-10,16-17H,6,11-15H2,1-5H3,(H,23,26)(H,24,27)/t16-,17+. The van der Waals surface area contributed by atoms with Crippen molar-refractivity contribution in [3.63, 3.8) is 0 Å². The Kier molecular flexibility index (Phi) is 8.46. The molecule has 0 unspecified atom stereocenters. The number of nitrogens with zero attached hydrogens (tertiary/aromatic N) is 1. The van der Waals surface area contributed by atoms with Crippen LogP contribution < -0.4 is 10.6 Å². The van der Waals surface area contributed by atoms with Gasteiger partial charge in [-0.3, -0.25) is 15.0 Å². The predicted octanol–water partition coefficient (Wildman–Crippen LogP) is 3.19. The van der Waals surface area contributed by atoms with Gasteiger partial charge in [0, 0.05) is 31.9 Å². The van der Waals surface area contributed by atoms with Gasteiger partial charge in [-0.25, -0.2) is 4.79 Å². The first-order chi connectivity index (χ1) is 13.6. The molecular formula is C22H35N3O4. The van der Waals surface area contributed by atoms with Crippen molar-refractivity contribution in [1.29, 1.82) is 0 Å². The lowest BCUT2D eigenvalue weighted by Gasteiger charge is -2.35. The first-order valence-corrected chi connectivity index (χ1v) is 10.3. The molecular weight excluding hydrogens is 370 g/mol. The predicted molar refractivity (Wildman–Crippen MR) is 114 cm³/mol. The molecule has 0 saturated carbocycles. The maximum Gasteiger partial charge on any atom is 0.412 e. The van der Waals surface area contributed by atoms with E-state index in [0.717, 1.165) is 31.6 Å². The Balaban J connectivity index is 1.66. The van der Waals surface area contributed by atoms with E-state index in [-0.39, 0.29) is 18.1 Å². The maximum atomic E-state index is 12.2. The highest BCUT2D eigenvalue weighted by Crippen LogP contribution is 2.13. The van der Waals surface area contributed by atoms with Crippen molar-refractivity contribution >= 4 is 17.7 Å². The number of benzene rings is 1. The van der Waals surface area contributed by atoms with Gasteiger partial charge in [0.05, 0.1) is 18.6 Å². The molecule has 29 heavy (non-hydrogen) atoms. The Bertz CT molecular complexity index is 660. The molecule has 2 atom stereocenters. The molecule has 1 saturated heterocycles. The van der Waals surface area contributed by atoms with E-state index in [1.54, 1.807) is 12.1 Å². The van der Waals surface area contributed by atoms with E-state index in [1.165, 1.54) is 0 Å². The van der Waals surface area contributed by atoms with Crippen molar-refractivity contribution in [1.82, 2.24) is 10.2 Å². The number of hydrogen-bond donors (Lipinski definition) is 2. The van der Waals surface area contributed by atoms with Crippen LogP contribution in [0.15, 0.2) is 24.3 Å². The summed E-state index contributed by atoms with van der Waals surface area (Å²) in [4.78, 5) is 26.3. The van der Waals surface area contributed by atoms with Crippen LogP contribution in [0.5, 0.6) is 0 Å². The third kappa shape index (κ3) is 9.28. The zero-order valence-electron chi connectivity index (χ0n) is 18.3. The molecule has 2 rings (SSSR count). The van der Waals surface area contributed by atoms with Gasteiger partial charge in [-0.2, -0.15) is 0 Å². The third-order valence-corrected chi connectivity index (χ3v) is 4.43. The van der Waals surface area contributed by atoms with Crippen LogP contribution in [-0.2, 0) is 20.7 Å². The summed E-state index contributed by atoms with van der Waals surface area (Å²) in [7, 11) is 0. The van der Waals surface area contributed by atoms with E-state index < -0.39 is 11.7 Å². The summed E-state index contributed by atoms with van der Waals surface area (Å²) in [6.07, 6.45) is 1.27. The van der Waals surface area contributed by atoms with Crippen LogP contribution in [-0.4, -0.2) is 60.9 Å². The number of nitrogens with one attached hydrogen (secondary N) is 2. The molecule has 2 N–H and O–H groups in total. The van der Waals surface area contributed by atoms with E-state index in [4.69, 9.17) is 9.47 Å². The fourth-order valence-corrected chi connectivity index (χ4v) is 3.37. The molecule has 1 aromatic rings. The molecule has 1 fully saturated rings. The van der Waals surface area contributed by atoms with Gasteiger partial charge in [0.2, 0.25) is 5.91 Å². The molecule has 162 valence electrons. The van der Waals surface area contributed by atoms with Crippen molar-refractivity contribution in [2.24, 2.45) is 0 Å². The van der Waals surface area contributed by atoms with Crippen LogP contribution in [0.2, 0.25) is 0 Å². The smallest absolute Gasteiger partial charge is 0.412 e. The molecule has 1 aliphatic rings. The monoisotopic (exact) mass is 405 g/mol. The van der Waals surface area contributed by atoms with Gasteiger partial charge < -0.3 is 14.8 Å². The fourth-order valence-electron chi connectivity index (χ4n) is 3.37. The Morgan fingerprint density at radius 1 is 1.14 bits per heavy atom. The molecule has 1 heterocycles. The van der Waals surface area contributed by atoms with Crippen LogP contribution in [0.3, 0.4) is 0 Å². The van der Waals surface area contributed by atoms with Gasteiger partial charge >= 0.3 is 6.09 Å². The van der Waals surface area contributed by atoms with Gasteiger partial charge in [0.25, 0.3) is 0 Å². The van der Waals surface area contributed by atoms with Crippen molar-refractivity contribution in [2.45, 2.75) is 65.3 Å². The number of amides is 2. The summed E-state index contributed by atoms with van der Waals surface area (Å²) in [5, 5.41) is 5.66. The normalized spacial score (nSPS) is 20.2. The largest absolute Gasteiger partial charge is 0.444 e. The van der Waals surface area contributed by atoms with E-state index >= 15 is 0 Å². The number of ether oxygens (including phenoxy) is 2. The van der Waals surface area contributed by atoms with E-state index in [9.17, 15) is 9.59 Å². The lowest BCUT2D eigenvalue weighted by Crippen LogP contribution is -2.46. The van der Waals surface area contributed by atoms with E-state index in [0.29, 0.717) is 18.7 Å². The van der Waals surface area contributed by atoms with E-state index in [1.807, 2.05) is 32.9 Å². The summed E-state index contributed by atoms with van der Waals surface area (Å²) < 4.78 is 11.0. The zero-order chi connectivity index (χ0) is 21.4. The molecule has 0 radical (unpaired) electrons. The summed E-state index contributed by atoms with van der Waals surface area (Å²) in [6, 6.07) is 7.21. The SMILES string of the molecule is C[C@@H]1CN(CCCNC(=O)Cc2ccc(NC(=O)OC(C)(C)C)cc2)C[C@H](C)O1. The van der Waals surface area contributed by atoms with Crippen LogP contribution in [0, 0.1) is 0 Å². The first kappa shape index (κ1) is 23.2. The average Bonchev–Trinajstić information content (AvgIpc) is 2.58. The lowest BCUT2D eigenvalue weighted by atomic mass is 10.1. The zero-order valence-corrected chi connectivity index (χ0v) is 18.3. The first-order valence-electron chi connectivity index (χ1n) is 10.3. The minimum Gasteiger partial charge on any atom is -0.444 e. The van der Waals surface area contributed by atoms with Crippen LogP contribution in [0.4, 0.5) is 10.5 Å². The van der Waals surface area contributed by atoms with Gasteiger partial charge in [-0.15, -0.1) is 0 Å². The van der Waals surface area contributed by atoms with Crippen LogP contribution in [0.1, 0.15) is 46.6 Å². The topological polar surface area (TPSA) is 79.9 Å². The molecule has 0 bridgehead atoms.